The van der Waals surface area contributed by atoms with Crippen molar-refractivity contribution < 1.29 is 15.0 Å². The number of nitrogens with one attached hydrogen (secondary N) is 2. The first-order valence-corrected chi connectivity index (χ1v) is 8.41. The number of hydrogen-bond donors (Lipinski definition) is 4. The lowest BCUT2D eigenvalue weighted by Crippen LogP contribution is -2.05. The molecule has 1 aromatic carbocycles. The summed E-state index contributed by atoms with van der Waals surface area (Å²) < 4.78 is 0. The highest BCUT2D eigenvalue weighted by atomic mass is 16.4. The van der Waals surface area contributed by atoms with Crippen molar-refractivity contribution in [1.29, 1.82) is 0 Å². The Morgan fingerprint density at radius 3 is 2.70 bits per heavy atom. The largest absolute Gasteiger partial charge is 0.478 e. The summed E-state index contributed by atoms with van der Waals surface area (Å²) >= 11 is 0. The summed E-state index contributed by atoms with van der Waals surface area (Å²) in [4.78, 5) is 24.2. The van der Waals surface area contributed by atoms with E-state index in [0.29, 0.717) is 36.1 Å². The second-order valence-corrected chi connectivity index (χ2v) is 5.67. The number of carbonyl (C=O) groups is 1. The van der Waals surface area contributed by atoms with Gasteiger partial charge in [0.1, 0.15) is 5.82 Å². The number of carboxylic acids is 1. The maximum absolute atomic E-state index is 11.3. The SMILES string of the molecule is O=C(O)c1ccccc1Nc1nccc(-c2ccnc(NCCCO)c2)n1. The fourth-order valence-electron chi connectivity index (χ4n) is 2.46. The standard InChI is InChI=1S/C19H19N5O3/c25-11-3-8-20-17-12-13(6-9-21-17)15-7-10-22-19(23-15)24-16-5-2-1-4-14(16)18(26)27/h1-2,4-7,9-10,12,25H,3,8,11H2,(H,20,21)(H,26,27)(H,22,23,24). The third-order valence-corrected chi connectivity index (χ3v) is 3.76. The first-order chi connectivity index (χ1) is 13.2. The second kappa shape index (κ2) is 8.72. The van der Waals surface area contributed by atoms with Gasteiger partial charge in [0.2, 0.25) is 5.95 Å². The van der Waals surface area contributed by atoms with E-state index in [4.69, 9.17) is 5.11 Å². The molecule has 0 spiro atoms. The van der Waals surface area contributed by atoms with Gasteiger partial charge in [-0.05, 0) is 36.8 Å². The average Bonchev–Trinajstić information content (AvgIpc) is 2.69. The van der Waals surface area contributed by atoms with Crippen LogP contribution < -0.4 is 10.6 Å². The molecule has 0 saturated carbocycles. The summed E-state index contributed by atoms with van der Waals surface area (Å²) in [5, 5.41) is 24.2. The maximum atomic E-state index is 11.3. The number of anilines is 3. The van der Waals surface area contributed by atoms with Crippen LogP contribution in [0.25, 0.3) is 11.3 Å². The van der Waals surface area contributed by atoms with E-state index in [-0.39, 0.29) is 12.2 Å². The zero-order valence-corrected chi connectivity index (χ0v) is 14.5. The lowest BCUT2D eigenvalue weighted by molar-refractivity contribution is 0.0698. The van der Waals surface area contributed by atoms with Crippen molar-refractivity contribution in [2.45, 2.75) is 6.42 Å². The van der Waals surface area contributed by atoms with Crippen molar-refractivity contribution in [2.75, 3.05) is 23.8 Å². The van der Waals surface area contributed by atoms with E-state index >= 15 is 0 Å². The molecule has 0 fully saturated rings. The number of hydrogen-bond acceptors (Lipinski definition) is 7. The number of pyridine rings is 1. The molecule has 0 aliphatic rings. The van der Waals surface area contributed by atoms with Crippen molar-refractivity contribution in [1.82, 2.24) is 15.0 Å². The molecule has 0 bridgehead atoms. The van der Waals surface area contributed by atoms with Crippen LogP contribution in [-0.4, -0.2) is 44.3 Å². The number of rotatable bonds is 8. The average molecular weight is 365 g/mol. The van der Waals surface area contributed by atoms with Gasteiger partial charge in [-0.2, -0.15) is 0 Å². The van der Waals surface area contributed by atoms with Crippen LogP contribution in [0.1, 0.15) is 16.8 Å². The molecule has 0 atom stereocenters. The molecule has 2 aromatic heterocycles. The van der Waals surface area contributed by atoms with Crippen LogP contribution in [0.4, 0.5) is 17.5 Å². The van der Waals surface area contributed by atoms with Crippen LogP contribution in [-0.2, 0) is 0 Å². The van der Waals surface area contributed by atoms with Gasteiger partial charge in [-0.25, -0.2) is 19.7 Å². The molecule has 0 unspecified atom stereocenters. The van der Waals surface area contributed by atoms with Crippen molar-refractivity contribution in [3.63, 3.8) is 0 Å². The molecule has 0 amide bonds. The summed E-state index contributed by atoms with van der Waals surface area (Å²) in [6.07, 6.45) is 3.91. The number of aliphatic hydroxyl groups excluding tert-OH is 1. The van der Waals surface area contributed by atoms with Crippen molar-refractivity contribution in [2.24, 2.45) is 0 Å². The van der Waals surface area contributed by atoms with E-state index < -0.39 is 5.97 Å². The predicted molar refractivity (Wildman–Crippen MR) is 102 cm³/mol. The Morgan fingerprint density at radius 1 is 1.07 bits per heavy atom. The smallest absolute Gasteiger partial charge is 0.337 e. The monoisotopic (exact) mass is 365 g/mol. The van der Waals surface area contributed by atoms with Crippen LogP contribution in [0.3, 0.4) is 0 Å². The van der Waals surface area contributed by atoms with Crippen molar-refractivity contribution in [3.05, 3.63) is 60.4 Å². The van der Waals surface area contributed by atoms with Crippen LogP contribution in [0, 0.1) is 0 Å². The number of aromatic carboxylic acids is 1. The maximum Gasteiger partial charge on any atom is 0.337 e. The first kappa shape index (κ1) is 18.3. The molecule has 8 nitrogen and oxygen atoms in total. The summed E-state index contributed by atoms with van der Waals surface area (Å²) in [5.41, 5.74) is 2.08. The Hall–Kier alpha value is -3.52. The topological polar surface area (TPSA) is 120 Å². The van der Waals surface area contributed by atoms with Gasteiger partial charge >= 0.3 is 5.97 Å². The summed E-state index contributed by atoms with van der Waals surface area (Å²) in [6, 6.07) is 12.0. The molecule has 4 N–H and O–H groups in total. The summed E-state index contributed by atoms with van der Waals surface area (Å²) in [7, 11) is 0. The van der Waals surface area contributed by atoms with E-state index in [0.717, 1.165) is 5.56 Å². The Bertz CT molecular complexity index is 932. The highest BCUT2D eigenvalue weighted by molar-refractivity contribution is 5.94. The quantitative estimate of drug-likeness (QED) is 0.450. The molecule has 0 radical (unpaired) electrons. The summed E-state index contributed by atoms with van der Waals surface area (Å²) in [5.74, 6) is -0.0416. The molecule has 2 heterocycles. The van der Waals surface area contributed by atoms with Gasteiger partial charge in [0, 0.05) is 31.1 Å². The van der Waals surface area contributed by atoms with E-state index in [1.807, 2.05) is 12.1 Å². The minimum atomic E-state index is -1.03. The lowest BCUT2D eigenvalue weighted by Gasteiger charge is -2.10. The molecular formula is C19H19N5O3. The van der Waals surface area contributed by atoms with E-state index in [1.165, 1.54) is 6.07 Å². The Morgan fingerprint density at radius 2 is 1.89 bits per heavy atom. The van der Waals surface area contributed by atoms with Gasteiger partial charge < -0.3 is 20.8 Å². The van der Waals surface area contributed by atoms with Crippen molar-refractivity contribution >= 4 is 23.4 Å². The number of aliphatic hydroxyl groups is 1. The fraction of sp³-hybridized carbons (Fsp3) is 0.158. The van der Waals surface area contributed by atoms with Gasteiger partial charge in [0.05, 0.1) is 16.9 Å². The minimum absolute atomic E-state index is 0.117. The number of carboxylic acid groups (broad SMARTS) is 1. The molecular weight excluding hydrogens is 346 g/mol. The molecule has 27 heavy (non-hydrogen) atoms. The third kappa shape index (κ3) is 4.77. The zero-order valence-electron chi connectivity index (χ0n) is 14.5. The number of aromatic nitrogens is 3. The predicted octanol–water partition coefficient (Wildman–Crippen LogP) is 2.77. The second-order valence-electron chi connectivity index (χ2n) is 5.67. The first-order valence-electron chi connectivity index (χ1n) is 8.41. The molecule has 3 aromatic rings. The minimum Gasteiger partial charge on any atom is -0.478 e. The summed E-state index contributed by atoms with van der Waals surface area (Å²) in [6.45, 7) is 0.737. The molecule has 8 heteroatoms. The van der Waals surface area contributed by atoms with E-state index in [9.17, 15) is 9.90 Å². The molecule has 0 aliphatic heterocycles. The van der Waals surface area contributed by atoms with Crippen LogP contribution in [0.15, 0.2) is 54.9 Å². The van der Waals surface area contributed by atoms with Crippen LogP contribution >= 0.6 is 0 Å². The van der Waals surface area contributed by atoms with Crippen LogP contribution in [0.5, 0.6) is 0 Å². The highest BCUT2D eigenvalue weighted by Gasteiger charge is 2.11. The van der Waals surface area contributed by atoms with Gasteiger partial charge in [0.25, 0.3) is 0 Å². The Labute approximate surface area is 156 Å². The fourth-order valence-corrected chi connectivity index (χ4v) is 2.46. The van der Waals surface area contributed by atoms with Crippen LogP contribution in [0.2, 0.25) is 0 Å². The zero-order chi connectivity index (χ0) is 19.1. The molecule has 0 aliphatic carbocycles. The lowest BCUT2D eigenvalue weighted by atomic mass is 10.2. The van der Waals surface area contributed by atoms with Gasteiger partial charge in [-0.1, -0.05) is 12.1 Å². The third-order valence-electron chi connectivity index (χ3n) is 3.76. The Kier molecular flexibility index (Phi) is 5.91. The Balaban J connectivity index is 1.82. The van der Waals surface area contributed by atoms with Gasteiger partial charge in [-0.15, -0.1) is 0 Å². The van der Waals surface area contributed by atoms with Crippen molar-refractivity contribution in [3.8, 4) is 11.3 Å². The number of nitrogens with zero attached hydrogens (tertiary/aromatic N) is 3. The number of para-hydroxylation sites is 1. The molecule has 138 valence electrons. The van der Waals surface area contributed by atoms with Gasteiger partial charge in [0.15, 0.2) is 0 Å². The molecule has 0 saturated heterocycles. The molecule has 3 rings (SSSR count). The normalized spacial score (nSPS) is 10.4. The number of benzene rings is 1. The highest BCUT2D eigenvalue weighted by Crippen LogP contribution is 2.22. The van der Waals surface area contributed by atoms with E-state index in [2.05, 4.69) is 25.6 Å². The van der Waals surface area contributed by atoms with E-state index in [1.54, 1.807) is 36.7 Å². The van der Waals surface area contributed by atoms with Gasteiger partial charge in [-0.3, -0.25) is 0 Å².